The highest BCUT2D eigenvalue weighted by atomic mass is 16.7. The van der Waals surface area contributed by atoms with Crippen LogP contribution >= 0.6 is 0 Å². The van der Waals surface area contributed by atoms with Crippen molar-refractivity contribution in [1.29, 1.82) is 0 Å². The van der Waals surface area contributed by atoms with Crippen LogP contribution in [0.4, 0.5) is 16.2 Å². The number of nitro benzene ring substituents is 1. The number of carbonyl (C=O) groups is 4. The number of anilines is 1. The summed E-state index contributed by atoms with van der Waals surface area (Å²) < 4.78 is 2.87. The van der Waals surface area contributed by atoms with Crippen LogP contribution in [-0.4, -0.2) is 83.7 Å². The van der Waals surface area contributed by atoms with Crippen molar-refractivity contribution in [2.45, 2.75) is 6.17 Å². The Labute approximate surface area is 216 Å². The maximum Gasteiger partial charge on any atom is 0.427 e. The van der Waals surface area contributed by atoms with Crippen molar-refractivity contribution in [2.75, 3.05) is 39.1 Å². The first kappa shape index (κ1) is 27.9. The van der Waals surface area contributed by atoms with E-state index in [-0.39, 0.29) is 24.3 Å². The third-order valence-electron chi connectivity index (χ3n) is 5.86. The van der Waals surface area contributed by atoms with E-state index >= 15 is 0 Å². The first-order valence-corrected chi connectivity index (χ1v) is 11.2. The number of benzene rings is 2. The smallest absolute Gasteiger partial charge is 0.427 e. The van der Waals surface area contributed by atoms with Crippen LogP contribution in [0.2, 0.25) is 0 Å². The minimum Gasteiger partial charge on any atom is -0.616 e. The summed E-state index contributed by atoms with van der Waals surface area (Å²) in [7, 11) is 3.92. The number of nitro groups is 1. The fourth-order valence-electron chi connectivity index (χ4n) is 3.76. The van der Waals surface area contributed by atoms with E-state index in [1.165, 1.54) is 25.2 Å². The molecule has 1 heterocycles. The van der Waals surface area contributed by atoms with Crippen molar-refractivity contribution in [2.24, 2.45) is 0 Å². The summed E-state index contributed by atoms with van der Waals surface area (Å²) in [4.78, 5) is 61.5. The van der Waals surface area contributed by atoms with Crippen molar-refractivity contribution in [3.05, 3.63) is 86.9 Å². The molecule has 38 heavy (non-hydrogen) atoms. The second-order valence-corrected chi connectivity index (χ2v) is 8.49. The number of non-ortho nitro benzene ring substituents is 1. The Kier molecular flexibility index (Phi) is 8.20. The van der Waals surface area contributed by atoms with Gasteiger partial charge in [0.2, 0.25) is 0 Å². The van der Waals surface area contributed by atoms with Crippen LogP contribution in [0.1, 0.15) is 15.9 Å². The van der Waals surface area contributed by atoms with Gasteiger partial charge in [-0.3, -0.25) is 25.1 Å². The number of urea groups is 1. The summed E-state index contributed by atoms with van der Waals surface area (Å²) in [6.45, 7) is 0.418. The Hall–Kier alpha value is -4.66. The molecule has 14 nitrogen and oxygen atoms in total. The van der Waals surface area contributed by atoms with Gasteiger partial charge in [-0.2, -0.15) is 0 Å². The van der Waals surface area contributed by atoms with Gasteiger partial charge in [0.05, 0.1) is 23.6 Å². The lowest BCUT2D eigenvalue weighted by atomic mass is 10.0. The Morgan fingerprint density at radius 3 is 2.47 bits per heavy atom. The monoisotopic (exact) mass is 527 g/mol. The van der Waals surface area contributed by atoms with E-state index in [1.54, 1.807) is 42.3 Å². The van der Waals surface area contributed by atoms with E-state index in [4.69, 9.17) is 5.11 Å². The Morgan fingerprint density at radius 1 is 1.21 bits per heavy atom. The van der Waals surface area contributed by atoms with Crippen molar-refractivity contribution in [1.82, 2.24) is 10.2 Å². The predicted molar refractivity (Wildman–Crippen MR) is 133 cm³/mol. The van der Waals surface area contributed by atoms with Crippen molar-refractivity contribution in [3.63, 3.8) is 0 Å². The van der Waals surface area contributed by atoms with Crippen LogP contribution in [-0.2, 0) is 14.3 Å². The second-order valence-electron chi connectivity index (χ2n) is 8.49. The molecule has 3 rings (SSSR count). The Bertz CT molecular complexity index is 1310. The van der Waals surface area contributed by atoms with E-state index in [2.05, 4.69) is 10.1 Å². The summed E-state index contributed by atoms with van der Waals surface area (Å²) >= 11 is 0. The number of ketones is 1. The normalized spacial score (nSPS) is 18.9. The quantitative estimate of drug-likeness (QED) is 0.0920. The van der Waals surface area contributed by atoms with Gasteiger partial charge in [0.15, 0.2) is 5.78 Å². The number of rotatable bonds is 9. The molecule has 0 saturated carbocycles. The number of likely N-dealkylation sites (N-methyl/N-ethyl adjacent to an activating group) is 2. The van der Waals surface area contributed by atoms with Gasteiger partial charge < -0.3 is 20.0 Å². The zero-order valence-corrected chi connectivity index (χ0v) is 20.7. The minimum atomic E-state index is -1.92. The number of carboxylic acids is 1. The molecule has 2 atom stereocenters. The number of hydrogen-bond donors (Lipinski definition) is 2. The molecule has 0 spiro atoms. The molecular formula is C24H25N5O9. The van der Waals surface area contributed by atoms with Crippen LogP contribution in [0, 0.1) is 15.3 Å². The molecule has 200 valence electrons. The molecule has 14 heteroatoms. The molecule has 2 N–H and O–H groups in total. The SMILES string of the molecule is CN(CCNC1C=C(OC(=O)C(=O)O)[N+](C)([O-])C(=O)N1C)c1ccc([N+](=O)[O-])cc1C(=O)c1ccccc1. The molecule has 0 bridgehead atoms. The van der Waals surface area contributed by atoms with E-state index < -0.39 is 45.4 Å². The molecule has 2 aromatic carbocycles. The van der Waals surface area contributed by atoms with Crippen molar-refractivity contribution in [3.8, 4) is 0 Å². The molecule has 2 aromatic rings. The fraction of sp³-hybridized carbons (Fsp3) is 0.250. The van der Waals surface area contributed by atoms with Crippen LogP contribution in [0.15, 0.2) is 60.5 Å². The summed E-state index contributed by atoms with van der Waals surface area (Å²) in [5, 5.41) is 35.7. The maximum absolute atomic E-state index is 13.1. The number of aliphatic carboxylic acids is 1. The van der Waals surface area contributed by atoms with Gasteiger partial charge >= 0.3 is 23.9 Å². The number of quaternary nitrogens is 1. The highest BCUT2D eigenvalue weighted by Gasteiger charge is 2.42. The third-order valence-corrected chi connectivity index (χ3v) is 5.86. The number of carboxylic acid groups (broad SMARTS) is 1. The zero-order chi connectivity index (χ0) is 28.2. The standard InChI is InChI=1S/C24H25N5O9/c1-26(18-10-9-16(28(35)36)13-17(18)21(30)15-7-5-4-6-8-15)12-11-25-19-14-20(38-23(33)22(31)32)29(3,37)24(34)27(19)2/h4-10,13-14,19,25H,11-12H2,1-3H3,(H,31,32). The van der Waals surface area contributed by atoms with Crippen LogP contribution in [0.3, 0.4) is 0 Å². The van der Waals surface area contributed by atoms with Crippen molar-refractivity contribution < 1.29 is 38.6 Å². The van der Waals surface area contributed by atoms with Gasteiger partial charge in [-0.05, 0) is 6.07 Å². The molecule has 1 aliphatic rings. The summed E-state index contributed by atoms with van der Waals surface area (Å²) in [6, 6.07) is 11.3. The highest BCUT2D eigenvalue weighted by molar-refractivity contribution is 6.28. The van der Waals surface area contributed by atoms with Gasteiger partial charge in [-0.25, -0.2) is 19.0 Å². The molecule has 2 amide bonds. The van der Waals surface area contributed by atoms with Gasteiger partial charge in [0, 0.05) is 50.6 Å². The Morgan fingerprint density at radius 2 is 1.87 bits per heavy atom. The van der Waals surface area contributed by atoms with Gasteiger partial charge in [-0.15, -0.1) is 0 Å². The Balaban J connectivity index is 1.80. The molecule has 0 saturated heterocycles. The summed E-state index contributed by atoms with van der Waals surface area (Å²) in [5.41, 5.74) is 0.666. The van der Waals surface area contributed by atoms with E-state index in [0.29, 0.717) is 11.3 Å². The molecule has 0 aliphatic carbocycles. The molecule has 0 aromatic heterocycles. The lowest BCUT2D eigenvalue weighted by molar-refractivity contribution is -0.759. The first-order chi connectivity index (χ1) is 17.8. The van der Waals surface area contributed by atoms with Gasteiger partial charge in [-0.1, -0.05) is 30.3 Å². The van der Waals surface area contributed by atoms with E-state index in [0.717, 1.165) is 18.0 Å². The van der Waals surface area contributed by atoms with E-state index in [9.17, 15) is 34.5 Å². The molecule has 2 unspecified atom stereocenters. The molecular weight excluding hydrogens is 502 g/mol. The molecule has 0 fully saturated rings. The average Bonchev–Trinajstić information content (AvgIpc) is 2.89. The molecule has 0 radical (unpaired) electrons. The minimum absolute atomic E-state index is 0.125. The topological polar surface area (TPSA) is 182 Å². The van der Waals surface area contributed by atoms with Gasteiger partial charge in [0.1, 0.15) is 6.17 Å². The molecule has 1 aliphatic heterocycles. The number of amides is 2. The fourth-order valence-corrected chi connectivity index (χ4v) is 3.76. The van der Waals surface area contributed by atoms with Gasteiger partial charge in [0.25, 0.3) is 5.69 Å². The lowest BCUT2D eigenvalue weighted by Crippen LogP contribution is -2.60. The number of nitrogens with zero attached hydrogens (tertiary/aromatic N) is 4. The first-order valence-electron chi connectivity index (χ1n) is 11.2. The number of ether oxygens (including phenoxy) is 1. The number of carbonyl (C=O) groups excluding carboxylic acids is 3. The van der Waals surface area contributed by atoms with Crippen LogP contribution in [0.25, 0.3) is 0 Å². The lowest BCUT2D eigenvalue weighted by Gasteiger charge is -2.43. The summed E-state index contributed by atoms with van der Waals surface area (Å²) in [5.74, 6) is -4.73. The second kappa shape index (κ2) is 11.2. The number of esters is 1. The largest absolute Gasteiger partial charge is 0.616 e. The van der Waals surface area contributed by atoms with Crippen LogP contribution < -0.4 is 10.2 Å². The van der Waals surface area contributed by atoms with Crippen LogP contribution in [0.5, 0.6) is 0 Å². The highest BCUT2D eigenvalue weighted by Crippen LogP contribution is 2.28. The van der Waals surface area contributed by atoms with E-state index in [1.807, 2.05) is 0 Å². The number of nitrogens with one attached hydrogen (secondary N) is 1. The summed E-state index contributed by atoms with van der Waals surface area (Å²) in [6.07, 6.45) is 0.209. The average molecular weight is 527 g/mol. The zero-order valence-electron chi connectivity index (χ0n) is 20.7. The predicted octanol–water partition coefficient (Wildman–Crippen LogP) is 1.66. The van der Waals surface area contributed by atoms with Crippen molar-refractivity contribution >= 4 is 35.1 Å². The maximum atomic E-state index is 13.1. The third kappa shape index (κ3) is 5.83. The number of hydroxylamine groups is 3. The number of hydrogen-bond acceptors (Lipinski definition) is 10.